The number of rotatable bonds is 6. The van der Waals surface area contributed by atoms with E-state index in [1.807, 2.05) is 0 Å². The molecule has 2 aromatic heterocycles. The molecule has 0 aliphatic rings. The van der Waals surface area contributed by atoms with E-state index in [2.05, 4.69) is 24.7 Å². The van der Waals surface area contributed by atoms with Crippen molar-refractivity contribution in [3.05, 3.63) is 65.1 Å². The molecular formula is C14H15ClN4O2. The van der Waals surface area contributed by atoms with Gasteiger partial charge in [0.05, 0.1) is 6.33 Å². The van der Waals surface area contributed by atoms with Gasteiger partial charge >= 0.3 is 5.69 Å². The van der Waals surface area contributed by atoms with E-state index >= 15 is 0 Å². The van der Waals surface area contributed by atoms with Crippen molar-refractivity contribution < 1.29 is 0 Å². The summed E-state index contributed by atoms with van der Waals surface area (Å²) >= 11 is 6.11. The second kappa shape index (κ2) is 5.97. The summed E-state index contributed by atoms with van der Waals surface area (Å²) < 4.78 is 3.94. The predicted molar refractivity (Wildman–Crippen MR) is 83.7 cm³/mol. The Balaban J connectivity index is 2.96. The van der Waals surface area contributed by atoms with Crippen LogP contribution < -0.4 is 11.2 Å². The normalized spacial score (nSPS) is 12.2. The number of hydrogen-bond donors (Lipinski definition) is 0. The van der Waals surface area contributed by atoms with E-state index in [1.165, 1.54) is 27.6 Å². The second-order valence-corrected chi connectivity index (χ2v) is 4.77. The van der Waals surface area contributed by atoms with Crippen molar-refractivity contribution in [3.63, 3.8) is 0 Å². The van der Waals surface area contributed by atoms with Crippen LogP contribution in [0.5, 0.6) is 0 Å². The van der Waals surface area contributed by atoms with Gasteiger partial charge in [0.15, 0.2) is 11.2 Å². The third kappa shape index (κ3) is 2.38. The van der Waals surface area contributed by atoms with E-state index in [9.17, 15) is 9.59 Å². The van der Waals surface area contributed by atoms with Crippen LogP contribution in [0.25, 0.3) is 11.2 Å². The molecule has 0 spiro atoms. The third-order valence-electron chi connectivity index (χ3n) is 3.02. The van der Waals surface area contributed by atoms with Crippen LogP contribution in [0.15, 0.2) is 53.9 Å². The fourth-order valence-corrected chi connectivity index (χ4v) is 2.24. The van der Waals surface area contributed by atoms with Crippen molar-refractivity contribution in [2.75, 3.05) is 0 Å². The lowest BCUT2D eigenvalue weighted by molar-refractivity contribution is 0.642. The number of alkyl halides is 1. The smallest absolute Gasteiger partial charge is 0.304 e. The highest BCUT2D eigenvalue weighted by Crippen LogP contribution is 2.18. The number of nitrogens with zero attached hydrogens (tertiary/aromatic N) is 4. The Kier molecular flexibility index (Phi) is 4.28. The van der Waals surface area contributed by atoms with Gasteiger partial charge in [-0.15, -0.1) is 13.2 Å². The summed E-state index contributed by atoms with van der Waals surface area (Å²) in [6.45, 7) is 11.1. The van der Waals surface area contributed by atoms with Crippen LogP contribution in [0.4, 0.5) is 0 Å². The lowest BCUT2D eigenvalue weighted by Gasteiger charge is -2.11. The summed E-state index contributed by atoms with van der Waals surface area (Å²) in [6.07, 6.45) is 5.94. The predicted octanol–water partition coefficient (Wildman–Crippen LogP) is 1.66. The van der Waals surface area contributed by atoms with Crippen LogP contribution >= 0.6 is 11.6 Å². The summed E-state index contributed by atoms with van der Waals surface area (Å²) in [6, 6.07) is 0. The molecule has 0 fully saturated rings. The Morgan fingerprint density at radius 2 is 1.81 bits per heavy atom. The molecule has 2 heterocycles. The molecule has 1 unspecified atom stereocenters. The molecule has 0 aliphatic heterocycles. The van der Waals surface area contributed by atoms with Gasteiger partial charge in [-0.1, -0.05) is 36.4 Å². The van der Waals surface area contributed by atoms with Gasteiger partial charge in [0.2, 0.25) is 0 Å². The molecule has 2 rings (SSSR count). The second-order valence-electron chi connectivity index (χ2n) is 4.32. The van der Waals surface area contributed by atoms with Gasteiger partial charge in [0.25, 0.3) is 5.56 Å². The zero-order chi connectivity index (χ0) is 15.6. The van der Waals surface area contributed by atoms with Crippen molar-refractivity contribution in [1.82, 2.24) is 18.7 Å². The number of hydrogen-bond acceptors (Lipinski definition) is 3. The van der Waals surface area contributed by atoms with Crippen LogP contribution in [-0.2, 0) is 13.1 Å². The van der Waals surface area contributed by atoms with Gasteiger partial charge in [0.1, 0.15) is 5.50 Å². The molecule has 0 aliphatic carbocycles. The molecule has 0 saturated heterocycles. The van der Waals surface area contributed by atoms with Crippen LogP contribution in [0.1, 0.15) is 5.50 Å². The quantitative estimate of drug-likeness (QED) is 0.602. The summed E-state index contributed by atoms with van der Waals surface area (Å²) in [5, 5.41) is 0. The number of halogens is 1. The first kappa shape index (κ1) is 15.1. The Morgan fingerprint density at radius 1 is 1.19 bits per heavy atom. The first-order chi connectivity index (χ1) is 10.1. The largest absolute Gasteiger partial charge is 0.333 e. The topological polar surface area (TPSA) is 61.8 Å². The third-order valence-corrected chi connectivity index (χ3v) is 3.41. The van der Waals surface area contributed by atoms with E-state index in [0.29, 0.717) is 0 Å². The number of fused-ring (bicyclic) bond motifs is 1. The van der Waals surface area contributed by atoms with Gasteiger partial charge in [-0.05, 0) is 0 Å². The van der Waals surface area contributed by atoms with E-state index in [4.69, 9.17) is 11.6 Å². The molecule has 0 aromatic carbocycles. The zero-order valence-electron chi connectivity index (χ0n) is 11.4. The number of allylic oxidation sites excluding steroid dienone is 3. The van der Waals surface area contributed by atoms with Gasteiger partial charge in [-0.3, -0.25) is 13.9 Å². The monoisotopic (exact) mass is 306 g/mol. The van der Waals surface area contributed by atoms with Crippen molar-refractivity contribution in [2.45, 2.75) is 18.6 Å². The van der Waals surface area contributed by atoms with Crippen LogP contribution in [0.2, 0.25) is 0 Å². The summed E-state index contributed by atoms with van der Waals surface area (Å²) in [7, 11) is 0. The van der Waals surface area contributed by atoms with E-state index in [1.54, 1.807) is 6.08 Å². The molecule has 0 bridgehead atoms. The molecule has 0 radical (unpaired) electrons. The van der Waals surface area contributed by atoms with Gasteiger partial charge in [-0.25, -0.2) is 9.78 Å². The maximum atomic E-state index is 12.5. The summed E-state index contributed by atoms with van der Waals surface area (Å²) in [5.74, 6) is 0. The highest BCUT2D eigenvalue weighted by Gasteiger charge is 2.18. The highest BCUT2D eigenvalue weighted by molar-refractivity contribution is 6.20. The van der Waals surface area contributed by atoms with Crippen molar-refractivity contribution in [3.8, 4) is 0 Å². The highest BCUT2D eigenvalue weighted by atomic mass is 35.5. The molecular weight excluding hydrogens is 292 g/mol. The molecule has 6 nitrogen and oxygen atoms in total. The minimum absolute atomic E-state index is 0.108. The molecule has 0 N–H and O–H groups in total. The van der Waals surface area contributed by atoms with E-state index in [0.717, 1.165) is 4.57 Å². The Hall–Kier alpha value is -2.34. The average Bonchev–Trinajstić information content (AvgIpc) is 2.92. The Bertz CT molecular complexity index is 828. The van der Waals surface area contributed by atoms with E-state index in [-0.39, 0.29) is 24.3 Å². The van der Waals surface area contributed by atoms with Gasteiger partial charge in [-0.2, -0.15) is 0 Å². The molecule has 0 saturated carbocycles. The first-order valence-electron chi connectivity index (χ1n) is 6.25. The maximum absolute atomic E-state index is 12.5. The summed E-state index contributed by atoms with van der Waals surface area (Å²) in [4.78, 5) is 29.0. The number of aromatic nitrogens is 4. The van der Waals surface area contributed by atoms with Crippen molar-refractivity contribution in [1.29, 1.82) is 0 Å². The lowest BCUT2D eigenvalue weighted by Crippen LogP contribution is -2.40. The minimum Gasteiger partial charge on any atom is -0.304 e. The maximum Gasteiger partial charge on any atom is 0.333 e. The van der Waals surface area contributed by atoms with Crippen LogP contribution in [0.3, 0.4) is 0 Å². The summed E-state index contributed by atoms with van der Waals surface area (Å²) in [5.41, 5.74) is -1.02. The molecule has 110 valence electrons. The van der Waals surface area contributed by atoms with Crippen LogP contribution in [0, 0.1) is 0 Å². The number of imidazole rings is 1. The molecule has 2 aromatic rings. The van der Waals surface area contributed by atoms with Gasteiger partial charge < -0.3 is 4.57 Å². The molecule has 21 heavy (non-hydrogen) atoms. The molecule has 0 amide bonds. The first-order valence-corrected chi connectivity index (χ1v) is 6.69. The fraction of sp³-hybridized carbons (Fsp3) is 0.214. The van der Waals surface area contributed by atoms with Crippen molar-refractivity contribution in [2.24, 2.45) is 0 Å². The standard InChI is InChI=1S/C14H15ClN4O2/c1-4-7-17-12-11(19(9-16-12)10(15)6-3)13(20)18(8-5-2)14(17)21/h4-6,9-10H,1-3,7-8H2. The fourth-order valence-electron chi connectivity index (χ4n) is 2.09. The molecule has 1 atom stereocenters. The van der Waals surface area contributed by atoms with Crippen LogP contribution in [-0.4, -0.2) is 18.7 Å². The minimum atomic E-state index is -0.630. The van der Waals surface area contributed by atoms with E-state index < -0.39 is 16.8 Å². The molecule has 7 heteroatoms. The Morgan fingerprint density at radius 3 is 2.38 bits per heavy atom. The lowest BCUT2D eigenvalue weighted by atomic mass is 10.4. The SMILES string of the molecule is C=CCn1c(=O)c2c(ncn2C(Cl)C=C)n(CC=C)c1=O. The van der Waals surface area contributed by atoms with Crippen molar-refractivity contribution >= 4 is 22.8 Å². The van der Waals surface area contributed by atoms with Gasteiger partial charge in [0, 0.05) is 13.1 Å². The Labute approximate surface area is 125 Å². The zero-order valence-corrected chi connectivity index (χ0v) is 12.2. The average molecular weight is 307 g/mol.